The molecule has 2 N–H and O–H groups in total. The first kappa shape index (κ1) is 12.0. The van der Waals surface area contributed by atoms with Crippen molar-refractivity contribution in [2.24, 2.45) is 0 Å². The van der Waals surface area contributed by atoms with Crippen molar-refractivity contribution >= 4 is 5.82 Å². The van der Waals surface area contributed by atoms with Crippen molar-refractivity contribution in [3.8, 4) is 0 Å². The summed E-state index contributed by atoms with van der Waals surface area (Å²) in [5, 5.41) is 11.1. The molecule has 0 spiro atoms. The van der Waals surface area contributed by atoms with Gasteiger partial charge in [-0.05, 0) is 33.0 Å². The van der Waals surface area contributed by atoms with Gasteiger partial charge in [0.25, 0.3) is 0 Å². The minimum absolute atomic E-state index is 0.672. The van der Waals surface area contributed by atoms with Gasteiger partial charge < -0.3 is 15.1 Å². The molecule has 3 rings (SSSR count). The van der Waals surface area contributed by atoms with Crippen LogP contribution in [0.15, 0.2) is 6.07 Å². The second-order valence-corrected chi connectivity index (χ2v) is 5.50. The van der Waals surface area contributed by atoms with Gasteiger partial charge in [0.05, 0.1) is 0 Å². The molecule has 1 aromatic rings. The molecule has 100 valence electrons. The molecule has 5 heteroatoms. The van der Waals surface area contributed by atoms with Crippen LogP contribution in [0.5, 0.6) is 0 Å². The first-order valence-electron chi connectivity index (χ1n) is 7.02. The van der Waals surface area contributed by atoms with E-state index in [9.17, 15) is 0 Å². The minimum atomic E-state index is 0.672. The molecule has 18 heavy (non-hydrogen) atoms. The molecule has 1 aromatic heterocycles. The molecule has 2 aliphatic heterocycles. The maximum Gasteiger partial charge on any atom is 0.150 e. The number of nitrogens with zero attached hydrogens (tertiary/aromatic N) is 3. The molecule has 2 saturated heterocycles. The van der Waals surface area contributed by atoms with Gasteiger partial charge in [-0.3, -0.25) is 5.10 Å². The van der Waals surface area contributed by atoms with Crippen LogP contribution in [0, 0.1) is 0 Å². The van der Waals surface area contributed by atoms with Gasteiger partial charge >= 0.3 is 0 Å². The van der Waals surface area contributed by atoms with Crippen molar-refractivity contribution in [1.29, 1.82) is 0 Å². The summed E-state index contributed by atoms with van der Waals surface area (Å²) in [5.74, 6) is 1.80. The van der Waals surface area contributed by atoms with Crippen molar-refractivity contribution in [2.75, 3.05) is 51.2 Å². The largest absolute Gasteiger partial charge is 0.353 e. The van der Waals surface area contributed by atoms with Crippen molar-refractivity contribution in [2.45, 2.75) is 18.8 Å². The van der Waals surface area contributed by atoms with E-state index in [2.05, 4.69) is 38.4 Å². The lowest BCUT2D eigenvalue weighted by molar-refractivity contribution is 0.253. The summed E-state index contributed by atoms with van der Waals surface area (Å²) in [4.78, 5) is 4.77. The van der Waals surface area contributed by atoms with Gasteiger partial charge in [0, 0.05) is 43.9 Å². The van der Waals surface area contributed by atoms with Crippen LogP contribution in [-0.4, -0.2) is 61.4 Å². The number of hydrogen-bond donors (Lipinski definition) is 2. The average Bonchev–Trinajstić information content (AvgIpc) is 2.90. The second kappa shape index (κ2) is 5.28. The molecule has 0 unspecified atom stereocenters. The van der Waals surface area contributed by atoms with Crippen LogP contribution in [0.3, 0.4) is 0 Å². The number of aromatic nitrogens is 2. The van der Waals surface area contributed by atoms with Crippen LogP contribution < -0.4 is 10.2 Å². The van der Waals surface area contributed by atoms with Crippen LogP contribution in [0.25, 0.3) is 0 Å². The molecular weight excluding hydrogens is 226 g/mol. The lowest BCUT2D eigenvalue weighted by Crippen LogP contribution is -2.43. The summed E-state index contributed by atoms with van der Waals surface area (Å²) < 4.78 is 0. The summed E-state index contributed by atoms with van der Waals surface area (Å²) in [5.41, 5.74) is 1.33. The van der Waals surface area contributed by atoms with E-state index in [0.29, 0.717) is 5.92 Å². The lowest BCUT2D eigenvalue weighted by atomic mass is 9.94. The maximum absolute atomic E-state index is 4.49. The highest BCUT2D eigenvalue weighted by Crippen LogP contribution is 2.28. The van der Waals surface area contributed by atoms with Gasteiger partial charge in [-0.15, -0.1) is 0 Å². The molecule has 5 nitrogen and oxygen atoms in total. The van der Waals surface area contributed by atoms with E-state index in [1.807, 2.05) is 0 Å². The van der Waals surface area contributed by atoms with Crippen molar-refractivity contribution in [3.05, 3.63) is 11.8 Å². The topological polar surface area (TPSA) is 47.2 Å². The number of likely N-dealkylation sites (tertiary alicyclic amines) is 1. The summed E-state index contributed by atoms with van der Waals surface area (Å²) in [6.07, 6.45) is 2.50. The Bertz CT molecular complexity index is 374. The fourth-order valence-electron chi connectivity index (χ4n) is 2.91. The van der Waals surface area contributed by atoms with Crippen LogP contribution >= 0.6 is 0 Å². The summed E-state index contributed by atoms with van der Waals surface area (Å²) >= 11 is 0. The number of anilines is 1. The zero-order chi connectivity index (χ0) is 12.4. The Kier molecular flexibility index (Phi) is 3.52. The molecule has 0 aromatic carbocycles. The minimum Gasteiger partial charge on any atom is -0.353 e. The van der Waals surface area contributed by atoms with Gasteiger partial charge in [0.15, 0.2) is 5.82 Å². The zero-order valence-corrected chi connectivity index (χ0v) is 11.2. The van der Waals surface area contributed by atoms with E-state index in [1.165, 1.54) is 31.6 Å². The highest BCUT2D eigenvalue weighted by atomic mass is 15.3. The molecule has 0 amide bonds. The smallest absolute Gasteiger partial charge is 0.150 e. The van der Waals surface area contributed by atoms with Crippen molar-refractivity contribution in [1.82, 2.24) is 20.4 Å². The van der Waals surface area contributed by atoms with Gasteiger partial charge in [0.1, 0.15) is 0 Å². The molecule has 0 saturated carbocycles. The van der Waals surface area contributed by atoms with E-state index >= 15 is 0 Å². The SMILES string of the molecule is CN1CCC(c2cc(N3CCNCC3)n[nH]2)CC1. The van der Waals surface area contributed by atoms with Gasteiger partial charge in [-0.25, -0.2) is 0 Å². The van der Waals surface area contributed by atoms with E-state index < -0.39 is 0 Å². The fourth-order valence-corrected chi connectivity index (χ4v) is 2.91. The quantitative estimate of drug-likeness (QED) is 0.807. The highest BCUT2D eigenvalue weighted by molar-refractivity contribution is 5.40. The molecule has 0 bridgehead atoms. The molecule has 2 aliphatic rings. The zero-order valence-electron chi connectivity index (χ0n) is 11.2. The number of aromatic amines is 1. The number of piperidine rings is 1. The van der Waals surface area contributed by atoms with Gasteiger partial charge in [0.2, 0.25) is 0 Å². The molecule has 0 radical (unpaired) electrons. The third-order valence-corrected chi connectivity index (χ3v) is 4.18. The van der Waals surface area contributed by atoms with E-state index in [4.69, 9.17) is 0 Å². The highest BCUT2D eigenvalue weighted by Gasteiger charge is 2.21. The first-order valence-corrected chi connectivity index (χ1v) is 7.02. The summed E-state index contributed by atoms with van der Waals surface area (Å²) in [6, 6.07) is 2.27. The third kappa shape index (κ3) is 2.52. The third-order valence-electron chi connectivity index (χ3n) is 4.18. The predicted octanol–water partition coefficient (Wildman–Crippen LogP) is 0.629. The number of rotatable bonds is 2. The van der Waals surface area contributed by atoms with Crippen LogP contribution in [0.1, 0.15) is 24.5 Å². The predicted molar refractivity (Wildman–Crippen MR) is 73.1 cm³/mol. The molecular formula is C13H23N5. The average molecular weight is 249 g/mol. The molecule has 0 atom stereocenters. The Balaban J connectivity index is 1.65. The normalized spacial score (nSPS) is 23.5. The standard InChI is InChI=1S/C13H23N5/c1-17-6-2-11(3-7-17)12-10-13(16-15-12)18-8-4-14-5-9-18/h10-11,14H,2-9H2,1H3,(H,15,16). The second-order valence-electron chi connectivity index (χ2n) is 5.50. The van der Waals surface area contributed by atoms with Crippen LogP contribution in [0.4, 0.5) is 5.82 Å². The monoisotopic (exact) mass is 249 g/mol. The number of hydrogen-bond acceptors (Lipinski definition) is 4. The first-order chi connectivity index (χ1) is 8.83. The molecule has 2 fully saturated rings. The van der Waals surface area contributed by atoms with Gasteiger partial charge in [-0.2, -0.15) is 5.10 Å². The molecule has 0 aliphatic carbocycles. The van der Waals surface area contributed by atoms with E-state index in [0.717, 1.165) is 32.0 Å². The lowest BCUT2D eigenvalue weighted by Gasteiger charge is -2.28. The maximum atomic E-state index is 4.49. The fraction of sp³-hybridized carbons (Fsp3) is 0.769. The number of piperazine rings is 1. The Morgan fingerprint density at radius 3 is 2.61 bits per heavy atom. The van der Waals surface area contributed by atoms with Crippen molar-refractivity contribution < 1.29 is 0 Å². The summed E-state index contributed by atoms with van der Waals surface area (Å²) in [7, 11) is 2.20. The van der Waals surface area contributed by atoms with Crippen LogP contribution in [-0.2, 0) is 0 Å². The Hall–Kier alpha value is -1.07. The van der Waals surface area contributed by atoms with Gasteiger partial charge in [-0.1, -0.05) is 0 Å². The number of H-pyrrole nitrogens is 1. The number of nitrogens with one attached hydrogen (secondary N) is 2. The molecule has 3 heterocycles. The Morgan fingerprint density at radius 2 is 1.89 bits per heavy atom. The Morgan fingerprint density at radius 1 is 1.17 bits per heavy atom. The summed E-state index contributed by atoms with van der Waals surface area (Å²) in [6.45, 7) is 6.67. The van der Waals surface area contributed by atoms with E-state index in [-0.39, 0.29) is 0 Å². The Labute approximate surface area is 109 Å². The van der Waals surface area contributed by atoms with Crippen LogP contribution in [0.2, 0.25) is 0 Å². The van der Waals surface area contributed by atoms with E-state index in [1.54, 1.807) is 0 Å². The van der Waals surface area contributed by atoms with Crippen molar-refractivity contribution in [3.63, 3.8) is 0 Å².